The molecule has 0 saturated carbocycles. The molecule has 1 saturated heterocycles. The van der Waals surface area contributed by atoms with E-state index >= 15 is 0 Å². The highest BCUT2D eigenvalue weighted by atomic mass is 33.1. The standard InChI is InChI=1S/C35H63N7O13S2/c1-21(44)29(33(50)39-25(11-6-8-15-37)31(48)40-26(19-43)35(52)53)42-34(51)30(22(2)45)41-32(49)24(10-5-7-14-36)38-27(46)20-54-16-17-55-28(47)12-4-3-9-23-13-18-56-57-23/h21-26,29-30,43-45H,3-20,36-37H2,1-2H3,(H,38,46)(H,39,50)(H,40,48)(H,41,49)(H,42,51)(H,52,53)/t21-,22-,23-,24+,25+,26+,29+,30+/m1/s1. The van der Waals surface area contributed by atoms with E-state index in [1.807, 2.05) is 21.6 Å². The molecule has 8 atom stereocenters. The molecule has 13 N–H and O–H groups in total. The van der Waals surface area contributed by atoms with Crippen molar-refractivity contribution in [1.29, 1.82) is 0 Å². The van der Waals surface area contributed by atoms with Crippen molar-refractivity contribution < 1.29 is 63.5 Å². The summed E-state index contributed by atoms with van der Waals surface area (Å²) in [5.74, 6) is -5.33. The molecule has 20 nitrogen and oxygen atoms in total. The summed E-state index contributed by atoms with van der Waals surface area (Å²) in [4.78, 5) is 89.0. The van der Waals surface area contributed by atoms with Crippen molar-refractivity contribution >= 4 is 63.1 Å². The average Bonchev–Trinajstić information content (AvgIpc) is 3.68. The van der Waals surface area contributed by atoms with Gasteiger partial charge in [-0.3, -0.25) is 28.8 Å². The third-order valence-corrected chi connectivity index (χ3v) is 11.7. The maximum atomic E-state index is 13.4. The van der Waals surface area contributed by atoms with Crippen LogP contribution in [0.4, 0.5) is 0 Å². The van der Waals surface area contributed by atoms with Crippen LogP contribution < -0.4 is 38.1 Å². The number of carboxylic acids is 1. The third-order valence-electron chi connectivity index (χ3n) is 8.71. The summed E-state index contributed by atoms with van der Waals surface area (Å²) in [6.07, 6.45) is 2.91. The zero-order valence-electron chi connectivity index (χ0n) is 32.8. The van der Waals surface area contributed by atoms with Crippen LogP contribution in [0, 0.1) is 0 Å². The second kappa shape index (κ2) is 29.9. The molecule has 1 aliphatic rings. The molecule has 0 unspecified atom stereocenters. The average molecular weight is 854 g/mol. The molecule has 1 aliphatic heterocycles. The number of nitrogens with two attached hydrogens (primary N) is 2. The fourth-order valence-electron chi connectivity index (χ4n) is 5.44. The molecule has 1 fully saturated rings. The number of rotatable bonds is 31. The van der Waals surface area contributed by atoms with E-state index in [4.69, 9.17) is 20.9 Å². The van der Waals surface area contributed by atoms with Crippen molar-refractivity contribution in [2.24, 2.45) is 11.5 Å². The van der Waals surface area contributed by atoms with Gasteiger partial charge in [0.15, 0.2) is 0 Å². The van der Waals surface area contributed by atoms with E-state index in [-0.39, 0.29) is 38.6 Å². The second-order valence-electron chi connectivity index (χ2n) is 13.6. The monoisotopic (exact) mass is 853 g/mol. The predicted molar refractivity (Wildman–Crippen MR) is 212 cm³/mol. The molecule has 0 aliphatic carbocycles. The molecule has 22 heteroatoms. The van der Waals surface area contributed by atoms with Gasteiger partial charge in [0.25, 0.3) is 0 Å². The first-order valence-corrected chi connectivity index (χ1v) is 21.7. The van der Waals surface area contributed by atoms with Crippen LogP contribution in [-0.4, -0.2) is 155 Å². The van der Waals surface area contributed by atoms with Gasteiger partial charge < -0.3 is 68.0 Å². The van der Waals surface area contributed by atoms with Gasteiger partial charge in [0.05, 0.1) is 25.4 Å². The lowest BCUT2D eigenvalue weighted by Gasteiger charge is -2.29. The summed E-state index contributed by atoms with van der Waals surface area (Å²) < 4.78 is 10.5. The maximum Gasteiger partial charge on any atom is 0.328 e. The van der Waals surface area contributed by atoms with Crippen molar-refractivity contribution in [1.82, 2.24) is 26.6 Å². The number of aliphatic carboxylic acids is 1. The van der Waals surface area contributed by atoms with Crippen LogP contribution in [0.5, 0.6) is 0 Å². The Bertz CT molecular complexity index is 1260. The predicted octanol–water partition coefficient (Wildman–Crippen LogP) is -2.22. The normalized spacial score (nSPS) is 17.5. The fraction of sp³-hybridized carbons (Fsp3) is 0.800. The Morgan fingerprint density at radius 3 is 1.79 bits per heavy atom. The number of aliphatic hydroxyl groups excluding tert-OH is 3. The molecule has 328 valence electrons. The number of esters is 1. The fourth-order valence-corrected chi connectivity index (χ4v) is 8.47. The largest absolute Gasteiger partial charge is 0.480 e. The molecule has 5 amide bonds. The van der Waals surface area contributed by atoms with E-state index in [2.05, 4.69) is 26.6 Å². The third kappa shape index (κ3) is 21.9. The molecule has 0 bridgehead atoms. The number of carbonyl (C=O) groups excluding carboxylic acids is 6. The van der Waals surface area contributed by atoms with E-state index < -0.39 is 91.1 Å². The van der Waals surface area contributed by atoms with Crippen LogP contribution in [0.1, 0.15) is 84.5 Å². The highest BCUT2D eigenvalue weighted by Gasteiger charge is 2.35. The van der Waals surface area contributed by atoms with Crippen molar-refractivity contribution in [3.8, 4) is 0 Å². The smallest absolute Gasteiger partial charge is 0.328 e. The number of carboxylic acid groups (broad SMARTS) is 1. The van der Waals surface area contributed by atoms with Gasteiger partial charge in [-0.15, -0.1) is 0 Å². The van der Waals surface area contributed by atoms with Gasteiger partial charge in [-0.05, 0) is 84.7 Å². The molecular weight excluding hydrogens is 791 g/mol. The number of unbranched alkanes of at least 4 members (excludes halogenated alkanes) is 3. The molecule has 1 heterocycles. The lowest BCUT2D eigenvalue weighted by atomic mass is 10.0. The first kappa shape index (κ1) is 51.8. The van der Waals surface area contributed by atoms with E-state index in [1.165, 1.54) is 20.3 Å². The number of hydrogen-bond acceptors (Lipinski definition) is 16. The Hall–Kier alpha value is -3.25. The number of ether oxygens (including phenoxy) is 2. The zero-order chi connectivity index (χ0) is 42.8. The summed E-state index contributed by atoms with van der Waals surface area (Å²) in [5.41, 5.74) is 11.1. The number of carbonyl (C=O) groups is 7. The zero-order valence-corrected chi connectivity index (χ0v) is 34.4. The molecule has 0 aromatic carbocycles. The van der Waals surface area contributed by atoms with Crippen molar-refractivity contribution in [2.75, 3.05) is 45.3 Å². The topological polar surface area (TPSA) is 331 Å². The SMILES string of the molecule is C[C@@H](O)[C@H](NC(=O)[C@H](CCCCN)NC(=O)COCCOC(=O)CCCC[C@@H]1CCSS1)C(=O)N[C@H](C(=O)N[C@@H](CCCCN)C(=O)N[C@@H](CO)C(=O)O)[C@@H](C)O. The van der Waals surface area contributed by atoms with Gasteiger partial charge in [-0.1, -0.05) is 28.0 Å². The molecule has 1 rings (SSSR count). The lowest BCUT2D eigenvalue weighted by molar-refractivity contribution is -0.146. The summed E-state index contributed by atoms with van der Waals surface area (Å²) in [7, 11) is 3.77. The van der Waals surface area contributed by atoms with Crippen molar-refractivity contribution in [2.45, 2.75) is 132 Å². The van der Waals surface area contributed by atoms with Crippen LogP contribution in [0.15, 0.2) is 0 Å². The molecule has 0 radical (unpaired) electrons. The first-order chi connectivity index (χ1) is 27.1. The first-order valence-electron chi connectivity index (χ1n) is 19.3. The Labute approximate surface area is 341 Å². The molecule has 57 heavy (non-hydrogen) atoms. The minimum atomic E-state index is -1.72. The van der Waals surface area contributed by atoms with Crippen molar-refractivity contribution in [3.63, 3.8) is 0 Å². The van der Waals surface area contributed by atoms with E-state index in [0.29, 0.717) is 43.9 Å². The summed E-state index contributed by atoms with van der Waals surface area (Å²) in [6, 6.07) is -7.61. The number of nitrogens with one attached hydrogen (secondary N) is 5. The van der Waals surface area contributed by atoms with Gasteiger partial charge in [-0.2, -0.15) is 0 Å². The molecule has 0 aromatic heterocycles. The molecule has 0 aromatic rings. The summed E-state index contributed by atoms with van der Waals surface area (Å²) in [6.45, 7) is 1.41. The highest BCUT2D eigenvalue weighted by molar-refractivity contribution is 8.77. The van der Waals surface area contributed by atoms with Crippen LogP contribution >= 0.6 is 21.6 Å². The number of aliphatic hydroxyl groups is 3. The Morgan fingerprint density at radius 1 is 0.719 bits per heavy atom. The van der Waals surface area contributed by atoms with Crippen LogP contribution in [-0.2, 0) is 43.0 Å². The van der Waals surface area contributed by atoms with E-state index in [9.17, 15) is 54.0 Å². The summed E-state index contributed by atoms with van der Waals surface area (Å²) in [5, 5.41) is 51.7. The lowest BCUT2D eigenvalue weighted by Crippen LogP contribution is -2.62. The Morgan fingerprint density at radius 2 is 1.26 bits per heavy atom. The van der Waals surface area contributed by atoms with Crippen molar-refractivity contribution in [3.05, 3.63) is 0 Å². The molecule has 0 spiro atoms. The Balaban J connectivity index is 2.82. The molecular formula is C35H63N7O13S2. The quantitative estimate of drug-likeness (QED) is 0.0200. The second-order valence-corrected chi connectivity index (χ2v) is 16.4. The van der Waals surface area contributed by atoms with Gasteiger partial charge in [0.1, 0.15) is 43.4 Å². The number of amides is 5. The van der Waals surface area contributed by atoms with Gasteiger partial charge in [0, 0.05) is 17.4 Å². The summed E-state index contributed by atoms with van der Waals surface area (Å²) >= 11 is 0. The van der Waals surface area contributed by atoms with Crippen LogP contribution in [0.25, 0.3) is 0 Å². The number of hydrogen-bond donors (Lipinski definition) is 11. The minimum absolute atomic E-state index is 0.00557. The minimum Gasteiger partial charge on any atom is -0.480 e. The van der Waals surface area contributed by atoms with Gasteiger partial charge >= 0.3 is 11.9 Å². The van der Waals surface area contributed by atoms with Crippen LogP contribution in [0.3, 0.4) is 0 Å². The van der Waals surface area contributed by atoms with Gasteiger partial charge in [0.2, 0.25) is 29.5 Å². The Kier molecular flexibility index (Phi) is 27.1. The van der Waals surface area contributed by atoms with Crippen LogP contribution in [0.2, 0.25) is 0 Å². The van der Waals surface area contributed by atoms with Gasteiger partial charge in [-0.25, -0.2) is 4.79 Å². The van der Waals surface area contributed by atoms with E-state index in [1.54, 1.807) is 0 Å². The van der Waals surface area contributed by atoms with E-state index in [0.717, 1.165) is 25.0 Å². The maximum absolute atomic E-state index is 13.4. The highest BCUT2D eigenvalue weighted by Crippen LogP contribution is 2.39.